The Morgan fingerprint density at radius 2 is 2.16 bits per heavy atom. The van der Waals surface area contributed by atoms with Crippen molar-refractivity contribution < 1.29 is 19.4 Å². The lowest BCUT2D eigenvalue weighted by atomic mass is 10.2. The van der Waals surface area contributed by atoms with Gasteiger partial charge in [-0.15, -0.1) is 0 Å². The summed E-state index contributed by atoms with van der Waals surface area (Å²) in [6, 6.07) is 7.19. The molecule has 0 fully saturated rings. The van der Waals surface area contributed by atoms with Gasteiger partial charge < -0.3 is 14.7 Å². The van der Waals surface area contributed by atoms with Crippen molar-refractivity contribution in [2.24, 2.45) is 0 Å². The maximum Gasteiger partial charge on any atom is 0.332 e. The molecule has 19 heavy (non-hydrogen) atoms. The Bertz CT molecular complexity index is 464. The molecule has 0 bridgehead atoms. The molecule has 1 rings (SSSR count). The molecular formula is C13H16ClNO4. The molecule has 1 N–H and O–H groups in total. The largest absolute Gasteiger partial charge is 0.479 e. The van der Waals surface area contributed by atoms with E-state index in [-0.39, 0.29) is 12.5 Å². The summed E-state index contributed by atoms with van der Waals surface area (Å²) < 4.78 is 4.93. The Balaban J connectivity index is 2.47. The predicted octanol–water partition coefficient (Wildman–Crippen LogP) is 1.79. The standard InChI is InChI=1S/C13H16ClNO4/c1-9(13(17)18)19-8-12(16)15(2)7-10-4-3-5-11(14)6-10/h3-6,9H,7-8H2,1-2H3,(H,17,18)/t9-/m0/s1. The maximum absolute atomic E-state index is 11.7. The van der Waals surface area contributed by atoms with E-state index in [1.165, 1.54) is 11.8 Å². The molecule has 0 spiro atoms. The molecule has 0 saturated heterocycles. The average molecular weight is 286 g/mol. The highest BCUT2D eigenvalue weighted by Crippen LogP contribution is 2.12. The molecule has 104 valence electrons. The van der Waals surface area contributed by atoms with E-state index in [4.69, 9.17) is 21.4 Å². The first-order chi connectivity index (χ1) is 8.90. The van der Waals surface area contributed by atoms with E-state index in [0.29, 0.717) is 11.6 Å². The summed E-state index contributed by atoms with van der Waals surface area (Å²) in [5.41, 5.74) is 0.898. The number of nitrogens with zero attached hydrogens (tertiary/aromatic N) is 1. The van der Waals surface area contributed by atoms with Gasteiger partial charge in [0.1, 0.15) is 6.61 Å². The summed E-state index contributed by atoms with van der Waals surface area (Å²) in [7, 11) is 1.62. The molecule has 0 unspecified atom stereocenters. The van der Waals surface area contributed by atoms with Crippen LogP contribution in [0.4, 0.5) is 0 Å². The van der Waals surface area contributed by atoms with Crippen LogP contribution in [0, 0.1) is 0 Å². The highest BCUT2D eigenvalue weighted by molar-refractivity contribution is 6.30. The molecule has 1 aromatic carbocycles. The van der Waals surface area contributed by atoms with Crippen molar-refractivity contribution in [2.75, 3.05) is 13.7 Å². The normalized spacial score (nSPS) is 11.9. The predicted molar refractivity (Wildman–Crippen MR) is 71.0 cm³/mol. The first-order valence-corrected chi connectivity index (χ1v) is 6.10. The second kappa shape index (κ2) is 7.11. The van der Waals surface area contributed by atoms with Crippen molar-refractivity contribution in [1.82, 2.24) is 4.90 Å². The van der Waals surface area contributed by atoms with Crippen LogP contribution < -0.4 is 0 Å². The van der Waals surface area contributed by atoms with E-state index >= 15 is 0 Å². The van der Waals surface area contributed by atoms with Crippen molar-refractivity contribution in [3.63, 3.8) is 0 Å². The quantitative estimate of drug-likeness (QED) is 0.865. The first kappa shape index (κ1) is 15.5. The van der Waals surface area contributed by atoms with E-state index in [2.05, 4.69) is 0 Å². The molecule has 1 aromatic rings. The number of carboxylic acid groups (broad SMARTS) is 1. The van der Waals surface area contributed by atoms with E-state index in [1.54, 1.807) is 25.2 Å². The number of carbonyl (C=O) groups is 2. The minimum atomic E-state index is -1.09. The highest BCUT2D eigenvalue weighted by atomic mass is 35.5. The fourth-order valence-electron chi connectivity index (χ4n) is 1.38. The van der Waals surface area contributed by atoms with Crippen LogP contribution in [0.5, 0.6) is 0 Å². The molecule has 1 atom stereocenters. The molecule has 6 heteroatoms. The second-order valence-electron chi connectivity index (χ2n) is 4.17. The topological polar surface area (TPSA) is 66.8 Å². The number of carbonyl (C=O) groups excluding carboxylic acids is 1. The summed E-state index contributed by atoms with van der Waals surface area (Å²) in [6.07, 6.45) is -0.997. The van der Waals surface area contributed by atoms with Gasteiger partial charge in [-0.2, -0.15) is 0 Å². The fourth-order valence-corrected chi connectivity index (χ4v) is 1.59. The van der Waals surface area contributed by atoms with Gasteiger partial charge in [-0.25, -0.2) is 4.79 Å². The number of ether oxygens (including phenoxy) is 1. The lowest BCUT2D eigenvalue weighted by molar-refractivity contribution is -0.152. The van der Waals surface area contributed by atoms with Crippen LogP contribution in [-0.4, -0.2) is 41.6 Å². The van der Waals surface area contributed by atoms with Crippen molar-refractivity contribution in [3.8, 4) is 0 Å². The third kappa shape index (κ3) is 5.28. The molecular weight excluding hydrogens is 270 g/mol. The summed E-state index contributed by atoms with van der Waals surface area (Å²) in [5.74, 6) is -1.38. The Hall–Kier alpha value is -1.59. The minimum absolute atomic E-state index is 0.259. The SMILES string of the molecule is C[C@H](OCC(=O)N(C)Cc1cccc(Cl)c1)C(=O)O. The number of carboxylic acids is 1. The summed E-state index contributed by atoms with van der Waals surface area (Å²) in [4.78, 5) is 23.7. The summed E-state index contributed by atoms with van der Waals surface area (Å²) in [6.45, 7) is 1.52. The number of aliphatic carboxylic acids is 1. The van der Waals surface area contributed by atoms with Crippen LogP contribution in [0.25, 0.3) is 0 Å². The van der Waals surface area contributed by atoms with Gasteiger partial charge >= 0.3 is 5.97 Å². The van der Waals surface area contributed by atoms with E-state index in [1.807, 2.05) is 6.07 Å². The molecule has 0 aliphatic rings. The van der Waals surface area contributed by atoms with Crippen LogP contribution in [0.1, 0.15) is 12.5 Å². The highest BCUT2D eigenvalue weighted by Gasteiger charge is 2.15. The number of hydrogen-bond acceptors (Lipinski definition) is 3. The minimum Gasteiger partial charge on any atom is -0.479 e. The molecule has 1 amide bonds. The van der Waals surface area contributed by atoms with E-state index in [9.17, 15) is 9.59 Å². The van der Waals surface area contributed by atoms with Crippen molar-refractivity contribution in [2.45, 2.75) is 19.6 Å². The molecule has 0 radical (unpaired) electrons. The maximum atomic E-state index is 11.7. The molecule has 0 aliphatic heterocycles. The van der Waals surface area contributed by atoms with Gasteiger partial charge in [-0.3, -0.25) is 4.79 Å². The zero-order chi connectivity index (χ0) is 14.4. The first-order valence-electron chi connectivity index (χ1n) is 5.73. The number of amides is 1. The van der Waals surface area contributed by atoms with Crippen molar-refractivity contribution in [1.29, 1.82) is 0 Å². The Morgan fingerprint density at radius 3 is 2.74 bits per heavy atom. The number of benzene rings is 1. The van der Waals surface area contributed by atoms with Crippen molar-refractivity contribution >= 4 is 23.5 Å². The zero-order valence-corrected chi connectivity index (χ0v) is 11.6. The van der Waals surface area contributed by atoms with Crippen LogP contribution in [0.3, 0.4) is 0 Å². The number of rotatable bonds is 6. The van der Waals surface area contributed by atoms with Crippen LogP contribution in [-0.2, 0) is 20.9 Å². The number of likely N-dealkylation sites (N-methyl/N-ethyl adjacent to an activating group) is 1. The van der Waals surface area contributed by atoms with Gasteiger partial charge in [0.05, 0.1) is 0 Å². The van der Waals surface area contributed by atoms with Crippen LogP contribution in [0.2, 0.25) is 5.02 Å². The second-order valence-corrected chi connectivity index (χ2v) is 4.61. The average Bonchev–Trinajstić information content (AvgIpc) is 2.35. The monoisotopic (exact) mass is 285 g/mol. The van der Waals surface area contributed by atoms with Crippen LogP contribution in [0.15, 0.2) is 24.3 Å². The Morgan fingerprint density at radius 1 is 1.47 bits per heavy atom. The fraction of sp³-hybridized carbons (Fsp3) is 0.385. The van der Waals surface area contributed by atoms with Crippen LogP contribution >= 0.6 is 11.6 Å². The van der Waals surface area contributed by atoms with Gasteiger partial charge in [0.2, 0.25) is 5.91 Å². The summed E-state index contributed by atoms with van der Waals surface area (Å²) >= 11 is 5.85. The number of hydrogen-bond donors (Lipinski definition) is 1. The lowest BCUT2D eigenvalue weighted by Crippen LogP contribution is -2.32. The van der Waals surface area contributed by atoms with Gasteiger partial charge in [0.25, 0.3) is 0 Å². The summed E-state index contributed by atoms with van der Waals surface area (Å²) in [5, 5.41) is 9.24. The molecule has 5 nitrogen and oxygen atoms in total. The molecule has 0 saturated carbocycles. The third-order valence-corrected chi connectivity index (χ3v) is 2.77. The number of halogens is 1. The Labute approximate surface area is 116 Å². The molecule has 0 heterocycles. The third-order valence-electron chi connectivity index (χ3n) is 2.54. The van der Waals surface area contributed by atoms with Gasteiger partial charge in [0, 0.05) is 18.6 Å². The molecule has 0 aromatic heterocycles. The smallest absolute Gasteiger partial charge is 0.332 e. The molecule has 0 aliphatic carbocycles. The van der Waals surface area contributed by atoms with E-state index < -0.39 is 12.1 Å². The Kier molecular flexibility index (Phi) is 5.79. The van der Waals surface area contributed by atoms with Gasteiger partial charge in [-0.1, -0.05) is 23.7 Å². The lowest BCUT2D eigenvalue weighted by Gasteiger charge is -2.18. The van der Waals surface area contributed by atoms with Crippen molar-refractivity contribution in [3.05, 3.63) is 34.9 Å². The zero-order valence-electron chi connectivity index (χ0n) is 10.8. The van der Waals surface area contributed by atoms with Gasteiger partial charge in [0.15, 0.2) is 6.10 Å². The van der Waals surface area contributed by atoms with Gasteiger partial charge in [-0.05, 0) is 24.6 Å². The van der Waals surface area contributed by atoms with E-state index in [0.717, 1.165) is 5.56 Å².